The molecule has 5 heteroatoms. The van der Waals surface area contributed by atoms with Crippen molar-refractivity contribution in [3.63, 3.8) is 0 Å². The third-order valence-electron chi connectivity index (χ3n) is 3.79. The minimum atomic E-state index is -0.829. The van der Waals surface area contributed by atoms with Gasteiger partial charge in [-0.3, -0.25) is 4.79 Å². The van der Waals surface area contributed by atoms with E-state index in [0.717, 1.165) is 5.69 Å². The van der Waals surface area contributed by atoms with E-state index < -0.39 is 5.60 Å². The van der Waals surface area contributed by atoms with Crippen molar-refractivity contribution in [2.45, 2.75) is 32.3 Å². The van der Waals surface area contributed by atoms with E-state index in [9.17, 15) is 9.90 Å². The summed E-state index contributed by atoms with van der Waals surface area (Å²) in [5.74, 6) is -0.178. The zero-order chi connectivity index (χ0) is 15.3. The molecule has 1 aromatic heterocycles. The van der Waals surface area contributed by atoms with Gasteiger partial charge >= 0.3 is 0 Å². The van der Waals surface area contributed by atoms with Crippen LogP contribution < -0.4 is 5.32 Å². The van der Waals surface area contributed by atoms with Crippen molar-refractivity contribution in [2.75, 3.05) is 6.54 Å². The fraction of sp³-hybridized carbons (Fsp3) is 0.375. The standard InChI is InChI=1S/C16H21N3O2/c1-3-16(21,4-2)12-17-15(20)13-6-8-14(9-7-13)19-11-5-10-18-19/h5-11,21H,3-4,12H2,1-2H3,(H,17,20). The Balaban J connectivity index is 2.00. The lowest BCUT2D eigenvalue weighted by molar-refractivity contribution is 0.0314. The van der Waals surface area contributed by atoms with Crippen LogP contribution in [0.25, 0.3) is 5.69 Å². The zero-order valence-electron chi connectivity index (χ0n) is 12.4. The van der Waals surface area contributed by atoms with Crippen LogP contribution >= 0.6 is 0 Å². The van der Waals surface area contributed by atoms with Gasteiger partial charge in [0.2, 0.25) is 0 Å². The Labute approximate surface area is 124 Å². The Morgan fingerprint density at radius 3 is 2.48 bits per heavy atom. The van der Waals surface area contributed by atoms with Gasteiger partial charge in [0.25, 0.3) is 5.91 Å². The molecule has 2 aromatic rings. The highest BCUT2D eigenvalue weighted by atomic mass is 16.3. The molecule has 21 heavy (non-hydrogen) atoms. The number of carbonyl (C=O) groups is 1. The van der Waals surface area contributed by atoms with Crippen molar-refractivity contribution < 1.29 is 9.90 Å². The first-order chi connectivity index (χ1) is 10.1. The number of nitrogens with zero attached hydrogens (tertiary/aromatic N) is 2. The summed E-state index contributed by atoms with van der Waals surface area (Å²) in [5.41, 5.74) is 0.639. The molecule has 0 aliphatic rings. The fourth-order valence-corrected chi connectivity index (χ4v) is 2.03. The van der Waals surface area contributed by atoms with E-state index in [1.165, 1.54) is 0 Å². The van der Waals surface area contributed by atoms with Crippen molar-refractivity contribution in [2.24, 2.45) is 0 Å². The number of benzene rings is 1. The van der Waals surface area contributed by atoms with Crippen LogP contribution in [-0.2, 0) is 0 Å². The molecule has 1 amide bonds. The molecular formula is C16H21N3O2. The number of carbonyl (C=O) groups excluding carboxylic acids is 1. The third kappa shape index (κ3) is 3.70. The van der Waals surface area contributed by atoms with E-state index in [4.69, 9.17) is 0 Å². The molecule has 0 unspecified atom stereocenters. The predicted octanol–water partition coefficient (Wildman–Crippen LogP) is 2.15. The summed E-state index contributed by atoms with van der Waals surface area (Å²) in [6, 6.07) is 9.03. The van der Waals surface area contributed by atoms with Crippen LogP contribution in [0.2, 0.25) is 0 Å². The van der Waals surface area contributed by atoms with Gasteiger partial charge in [0.15, 0.2) is 0 Å². The quantitative estimate of drug-likeness (QED) is 0.855. The molecule has 0 saturated heterocycles. The number of rotatable bonds is 6. The first-order valence-electron chi connectivity index (χ1n) is 7.18. The smallest absolute Gasteiger partial charge is 0.251 e. The number of aliphatic hydroxyl groups is 1. The van der Waals surface area contributed by atoms with Gasteiger partial charge in [-0.1, -0.05) is 13.8 Å². The fourth-order valence-electron chi connectivity index (χ4n) is 2.03. The van der Waals surface area contributed by atoms with E-state index in [-0.39, 0.29) is 12.5 Å². The van der Waals surface area contributed by atoms with Crippen LogP contribution in [-0.4, -0.2) is 32.9 Å². The van der Waals surface area contributed by atoms with Crippen LogP contribution in [0.15, 0.2) is 42.7 Å². The Bertz CT molecular complexity index is 572. The Kier molecular flexibility index (Phi) is 4.75. The monoisotopic (exact) mass is 287 g/mol. The molecule has 0 bridgehead atoms. The topological polar surface area (TPSA) is 67.2 Å². The van der Waals surface area contributed by atoms with E-state index in [1.54, 1.807) is 23.0 Å². The highest BCUT2D eigenvalue weighted by Crippen LogP contribution is 2.14. The summed E-state index contributed by atoms with van der Waals surface area (Å²) in [5, 5.41) is 17.1. The van der Waals surface area contributed by atoms with Crippen molar-refractivity contribution in [1.82, 2.24) is 15.1 Å². The van der Waals surface area contributed by atoms with E-state index >= 15 is 0 Å². The second kappa shape index (κ2) is 6.54. The van der Waals surface area contributed by atoms with Gasteiger partial charge in [0.05, 0.1) is 11.3 Å². The number of amides is 1. The Hall–Kier alpha value is -2.14. The van der Waals surface area contributed by atoms with Gasteiger partial charge in [0, 0.05) is 24.5 Å². The van der Waals surface area contributed by atoms with Gasteiger partial charge in [-0.2, -0.15) is 5.10 Å². The minimum absolute atomic E-state index is 0.178. The zero-order valence-corrected chi connectivity index (χ0v) is 12.4. The number of nitrogens with one attached hydrogen (secondary N) is 1. The lowest BCUT2D eigenvalue weighted by atomic mass is 9.97. The molecule has 112 valence electrons. The first kappa shape index (κ1) is 15.3. The molecule has 0 radical (unpaired) electrons. The molecular weight excluding hydrogens is 266 g/mol. The van der Waals surface area contributed by atoms with Gasteiger partial charge in [-0.15, -0.1) is 0 Å². The average molecular weight is 287 g/mol. The third-order valence-corrected chi connectivity index (χ3v) is 3.79. The average Bonchev–Trinajstić information content (AvgIpc) is 3.07. The van der Waals surface area contributed by atoms with Gasteiger partial charge < -0.3 is 10.4 Å². The molecule has 0 spiro atoms. The van der Waals surface area contributed by atoms with Gasteiger partial charge in [0.1, 0.15) is 0 Å². The molecule has 2 N–H and O–H groups in total. The summed E-state index contributed by atoms with van der Waals surface area (Å²) >= 11 is 0. The number of hydrogen-bond donors (Lipinski definition) is 2. The first-order valence-corrected chi connectivity index (χ1v) is 7.18. The summed E-state index contributed by atoms with van der Waals surface area (Å²) < 4.78 is 1.73. The van der Waals surface area contributed by atoms with E-state index in [1.807, 2.05) is 38.2 Å². The van der Waals surface area contributed by atoms with Crippen LogP contribution in [0.3, 0.4) is 0 Å². The second-order valence-corrected chi connectivity index (χ2v) is 5.11. The maximum atomic E-state index is 12.1. The highest BCUT2D eigenvalue weighted by molar-refractivity contribution is 5.94. The number of aromatic nitrogens is 2. The molecule has 0 saturated carbocycles. The van der Waals surface area contributed by atoms with Crippen LogP contribution in [0.1, 0.15) is 37.0 Å². The van der Waals surface area contributed by atoms with Crippen molar-refractivity contribution >= 4 is 5.91 Å². The largest absolute Gasteiger partial charge is 0.388 e. The molecule has 0 aliphatic heterocycles. The minimum Gasteiger partial charge on any atom is -0.388 e. The van der Waals surface area contributed by atoms with Gasteiger partial charge in [-0.05, 0) is 43.2 Å². The summed E-state index contributed by atoms with van der Waals surface area (Å²) in [4.78, 5) is 12.1. The maximum absolute atomic E-state index is 12.1. The normalized spacial score (nSPS) is 11.4. The molecule has 0 aliphatic carbocycles. The molecule has 0 atom stereocenters. The Morgan fingerprint density at radius 1 is 1.29 bits per heavy atom. The van der Waals surface area contributed by atoms with E-state index in [2.05, 4.69) is 10.4 Å². The van der Waals surface area contributed by atoms with Crippen LogP contribution in [0.5, 0.6) is 0 Å². The molecule has 2 rings (SSSR count). The van der Waals surface area contributed by atoms with Crippen LogP contribution in [0, 0.1) is 0 Å². The maximum Gasteiger partial charge on any atom is 0.251 e. The second-order valence-electron chi connectivity index (χ2n) is 5.11. The predicted molar refractivity (Wildman–Crippen MR) is 81.4 cm³/mol. The summed E-state index contributed by atoms with van der Waals surface area (Å²) in [6.07, 6.45) is 4.78. The SMILES string of the molecule is CCC(O)(CC)CNC(=O)c1ccc(-n2cccn2)cc1. The number of hydrogen-bond acceptors (Lipinski definition) is 3. The van der Waals surface area contributed by atoms with Crippen LogP contribution in [0.4, 0.5) is 0 Å². The summed E-state index contributed by atoms with van der Waals surface area (Å²) in [7, 11) is 0. The van der Waals surface area contributed by atoms with Crippen molar-refractivity contribution in [3.05, 3.63) is 48.3 Å². The Morgan fingerprint density at radius 2 is 1.95 bits per heavy atom. The van der Waals surface area contributed by atoms with Crippen molar-refractivity contribution in [3.8, 4) is 5.69 Å². The van der Waals surface area contributed by atoms with E-state index in [0.29, 0.717) is 18.4 Å². The van der Waals surface area contributed by atoms with Gasteiger partial charge in [-0.25, -0.2) is 4.68 Å². The molecule has 0 fully saturated rings. The van der Waals surface area contributed by atoms with Crippen molar-refractivity contribution in [1.29, 1.82) is 0 Å². The lowest BCUT2D eigenvalue weighted by Gasteiger charge is -2.25. The molecule has 1 heterocycles. The lowest BCUT2D eigenvalue weighted by Crippen LogP contribution is -2.42. The molecule has 1 aromatic carbocycles. The summed E-state index contributed by atoms with van der Waals surface area (Å²) in [6.45, 7) is 4.09. The molecule has 5 nitrogen and oxygen atoms in total. The highest BCUT2D eigenvalue weighted by Gasteiger charge is 2.22.